The summed E-state index contributed by atoms with van der Waals surface area (Å²) in [4.78, 5) is 11.2. The smallest absolute Gasteiger partial charge is 0.153 e. The van der Waals surface area contributed by atoms with E-state index in [9.17, 15) is 5.11 Å². The Kier molecular flexibility index (Phi) is 4.42. The lowest BCUT2D eigenvalue weighted by Gasteiger charge is -2.42. The molecule has 2 aliphatic heterocycles. The van der Waals surface area contributed by atoms with Crippen molar-refractivity contribution in [3.63, 3.8) is 0 Å². The first-order valence-electron chi connectivity index (χ1n) is 7.73. The predicted molar refractivity (Wildman–Crippen MR) is 87.7 cm³/mol. The third kappa shape index (κ3) is 2.64. The van der Waals surface area contributed by atoms with Crippen LogP contribution in [0.3, 0.4) is 0 Å². The normalized spacial score (nSPS) is 27.6. The summed E-state index contributed by atoms with van der Waals surface area (Å²) < 4.78 is 6.45. The largest absolute Gasteiger partial charge is 0.390 e. The molecule has 0 bridgehead atoms. The van der Waals surface area contributed by atoms with E-state index in [2.05, 4.69) is 37.7 Å². The minimum absolute atomic E-state index is 0.0904. The molecule has 1 aromatic rings. The number of rotatable bonds is 2. The van der Waals surface area contributed by atoms with Gasteiger partial charge in [0.15, 0.2) is 5.82 Å². The summed E-state index contributed by atoms with van der Waals surface area (Å²) >= 11 is 3.37. The van der Waals surface area contributed by atoms with Crippen LogP contribution in [0.15, 0.2) is 4.60 Å². The van der Waals surface area contributed by atoms with Gasteiger partial charge in [-0.25, -0.2) is 9.97 Å². The molecule has 7 heteroatoms. The van der Waals surface area contributed by atoms with E-state index in [1.165, 1.54) is 0 Å². The molecular formula is C15H23BrN4O2. The van der Waals surface area contributed by atoms with Crippen LogP contribution in [-0.4, -0.2) is 46.9 Å². The Morgan fingerprint density at radius 1 is 1.41 bits per heavy atom. The van der Waals surface area contributed by atoms with Gasteiger partial charge in [-0.3, -0.25) is 0 Å². The Morgan fingerprint density at radius 3 is 2.64 bits per heavy atom. The van der Waals surface area contributed by atoms with Gasteiger partial charge in [0, 0.05) is 24.5 Å². The number of aliphatic hydroxyl groups excluding tert-OH is 1. The molecule has 0 aliphatic carbocycles. The lowest BCUT2D eigenvalue weighted by Crippen LogP contribution is -2.51. The van der Waals surface area contributed by atoms with Gasteiger partial charge in [0.25, 0.3) is 0 Å². The quantitative estimate of drug-likeness (QED) is 0.817. The Labute approximate surface area is 139 Å². The van der Waals surface area contributed by atoms with Crippen molar-refractivity contribution in [2.24, 2.45) is 11.1 Å². The van der Waals surface area contributed by atoms with E-state index in [1.54, 1.807) is 0 Å². The second-order valence-corrected chi connectivity index (χ2v) is 7.17. The maximum atomic E-state index is 9.56. The predicted octanol–water partition coefficient (Wildman–Crippen LogP) is 1.37. The van der Waals surface area contributed by atoms with Crippen LogP contribution in [0, 0.1) is 12.3 Å². The highest BCUT2D eigenvalue weighted by atomic mass is 79.9. The van der Waals surface area contributed by atoms with Gasteiger partial charge in [-0.2, -0.15) is 0 Å². The number of nitrogens with two attached hydrogens (primary N) is 1. The number of aromatic nitrogens is 2. The molecule has 2 aliphatic rings. The molecule has 2 unspecified atom stereocenters. The summed E-state index contributed by atoms with van der Waals surface area (Å²) in [6.07, 6.45) is 2.11. The lowest BCUT2D eigenvalue weighted by atomic mass is 9.73. The zero-order chi connectivity index (χ0) is 15.9. The number of nitrogens with zero attached hydrogens (tertiary/aromatic N) is 3. The summed E-state index contributed by atoms with van der Waals surface area (Å²) in [6.45, 7) is 6.34. The topological polar surface area (TPSA) is 84.5 Å². The molecule has 122 valence electrons. The molecule has 0 radical (unpaired) electrons. The highest BCUT2D eigenvalue weighted by Crippen LogP contribution is 2.42. The van der Waals surface area contributed by atoms with E-state index in [0.29, 0.717) is 10.3 Å². The fourth-order valence-electron chi connectivity index (χ4n) is 3.51. The number of hydrogen-bond donors (Lipinski definition) is 2. The maximum Gasteiger partial charge on any atom is 0.153 e. The van der Waals surface area contributed by atoms with Crippen LogP contribution in [0.25, 0.3) is 0 Å². The van der Waals surface area contributed by atoms with Crippen LogP contribution in [-0.2, 0) is 11.3 Å². The van der Waals surface area contributed by atoms with Crippen LogP contribution in [0.4, 0.5) is 5.82 Å². The second kappa shape index (κ2) is 6.03. The van der Waals surface area contributed by atoms with Crippen LogP contribution in [0.5, 0.6) is 0 Å². The third-order valence-corrected chi connectivity index (χ3v) is 5.87. The number of ether oxygens (including phenoxy) is 1. The molecular weight excluding hydrogens is 348 g/mol. The molecule has 2 saturated heterocycles. The van der Waals surface area contributed by atoms with Gasteiger partial charge in [0.1, 0.15) is 10.3 Å². The molecule has 22 heavy (non-hydrogen) atoms. The van der Waals surface area contributed by atoms with Gasteiger partial charge in [-0.15, -0.1) is 0 Å². The summed E-state index contributed by atoms with van der Waals surface area (Å²) in [5.41, 5.74) is 7.90. The summed E-state index contributed by atoms with van der Waals surface area (Å²) in [7, 11) is 0. The molecule has 6 nitrogen and oxygen atoms in total. The van der Waals surface area contributed by atoms with Gasteiger partial charge in [0.2, 0.25) is 0 Å². The molecule has 1 spiro atoms. The van der Waals surface area contributed by atoms with Crippen LogP contribution in [0.1, 0.15) is 31.2 Å². The van der Waals surface area contributed by atoms with Crippen molar-refractivity contribution in [1.29, 1.82) is 0 Å². The minimum Gasteiger partial charge on any atom is -0.390 e. The molecule has 3 heterocycles. The SMILES string of the molecule is Cc1nc(N2CCC3(CC2)COC(C)C3N)c(CO)nc1Br. The Bertz CT molecular complexity index is 561. The molecule has 3 rings (SSSR count). The van der Waals surface area contributed by atoms with Gasteiger partial charge in [0.05, 0.1) is 25.0 Å². The molecule has 0 amide bonds. The van der Waals surface area contributed by atoms with E-state index in [-0.39, 0.29) is 24.2 Å². The maximum absolute atomic E-state index is 9.56. The molecule has 0 aromatic carbocycles. The minimum atomic E-state index is -0.109. The third-order valence-electron chi connectivity index (χ3n) is 5.12. The van der Waals surface area contributed by atoms with Crippen molar-refractivity contribution in [2.75, 3.05) is 24.6 Å². The average molecular weight is 371 g/mol. The van der Waals surface area contributed by atoms with E-state index < -0.39 is 0 Å². The standard InChI is InChI=1S/C15H23BrN4O2/c1-9-13(16)19-11(7-21)14(18-9)20-5-3-15(4-6-20)8-22-10(2)12(15)17/h10,12,21H,3-8,17H2,1-2H3. The zero-order valence-electron chi connectivity index (χ0n) is 13.0. The molecule has 3 N–H and O–H groups in total. The highest BCUT2D eigenvalue weighted by molar-refractivity contribution is 9.10. The number of anilines is 1. The van der Waals surface area contributed by atoms with Crippen LogP contribution < -0.4 is 10.6 Å². The van der Waals surface area contributed by atoms with Crippen molar-refractivity contribution in [2.45, 2.75) is 45.4 Å². The average Bonchev–Trinajstić information content (AvgIpc) is 2.79. The van der Waals surface area contributed by atoms with Gasteiger partial charge in [-0.05, 0) is 42.6 Å². The summed E-state index contributed by atoms with van der Waals surface area (Å²) in [6, 6.07) is 0.102. The van der Waals surface area contributed by atoms with Crippen molar-refractivity contribution >= 4 is 21.7 Å². The first kappa shape index (κ1) is 16.1. The fourth-order valence-corrected chi connectivity index (χ4v) is 3.82. The van der Waals surface area contributed by atoms with E-state index in [4.69, 9.17) is 10.5 Å². The van der Waals surface area contributed by atoms with E-state index in [1.807, 2.05) is 6.92 Å². The highest BCUT2D eigenvalue weighted by Gasteiger charge is 2.47. The number of hydrogen-bond acceptors (Lipinski definition) is 6. The van der Waals surface area contributed by atoms with Gasteiger partial charge < -0.3 is 20.5 Å². The second-order valence-electron chi connectivity index (χ2n) is 6.42. The molecule has 1 aromatic heterocycles. The summed E-state index contributed by atoms with van der Waals surface area (Å²) in [5, 5.41) is 9.56. The number of aliphatic hydroxyl groups is 1. The van der Waals surface area contributed by atoms with Crippen molar-refractivity contribution in [1.82, 2.24) is 9.97 Å². The number of piperidine rings is 1. The van der Waals surface area contributed by atoms with Crippen molar-refractivity contribution in [3.05, 3.63) is 16.0 Å². The molecule has 0 saturated carbocycles. The first-order valence-corrected chi connectivity index (χ1v) is 8.52. The van der Waals surface area contributed by atoms with E-state index in [0.717, 1.165) is 44.0 Å². The Balaban J connectivity index is 1.78. The first-order chi connectivity index (χ1) is 10.5. The van der Waals surface area contributed by atoms with Crippen molar-refractivity contribution < 1.29 is 9.84 Å². The van der Waals surface area contributed by atoms with Crippen LogP contribution >= 0.6 is 15.9 Å². The summed E-state index contributed by atoms with van der Waals surface area (Å²) in [5.74, 6) is 0.790. The van der Waals surface area contributed by atoms with Crippen molar-refractivity contribution in [3.8, 4) is 0 Å². The van der Waals surface area contributed by atoms with Crippen LogP contribution in [0.2, 0.25) is 0 Å². The molecule has 2 atom stereocenters. The van der Waals surface area contributed by atoms with Gasteiger partial charge in [-0.1, -0.05) is 0 Å². The molecule has 2 fully saturated rings. The van der Waals surface area contributed by atoms with E-state index >= 15 is 0 Å². The lowest BCUT2D eigenvalue weighted by molar-refractivity contribution is 0.0973. The number of halogens is 1. The number of aryl methyl sites for hydroxylation is 1. The Hall–Kier alpha value is -0.760. The zero-order valence-corrected chi connectivity index (χ0v) is 14.6. The Morgan fingerprint density at radius 2 is 2.09 bits per heavy atom. The van der Waals surface area contributed by atoms with Gasteiger partial charge >= 0.3 is 0 Å². The monoisotopic (exact) mass is 370 g/mol. The fraction of sp³-hybridized carbons (Fsp3) is 0.733.